The maximum absolute atomic E-state index is 4.93. The molecule has 0 atom stereocenters. The number of hydrogen-bond acceptors (Lipinski definition) is 1. The summed E-state index contributed by atoms with van der Waals surface area (Å²) < 4.78 is 5.73. The minimum absolute atomic E-state index is 0.775. The summed E-state index contributed by atoms with van der Waals surface area (Å²) in [6.07, 6.45) is 2.42. The highest BCUT2D eigenvalue weighted by molar-refractivity contribution is 9.10. The van der Waals surface area contributed by atoms with E-state index in [0.717, 1.165) is 16.7 Å². The van der Waals surface area contributed by atoms with E-state index in [0.29, 0.717) is 0 Å². The molecule has 0 fully saturated rings. The first-order valence-corrected chi connectivity index (χ1v) is 3.15. The summed E-state index contributed by atoms with van der Waals surface area (Å²) in [5.74, 6) is 0. The molecular weight excluding hydrogens is 168 g/mol. The fourth-order valence-electron chi connectivity index (χ4n) is 0.499. The third kappa shape index (κ3) is 0.944. The highest BCUT2D eigenvalue weighted by atomic mass is 79.9. The van der Waals surface area contributed by atoms with Crippen LogP contribution in [-0.4, -0.2) is 0 Å². The number of rotatable bonds is 1. The fourth-order valence-corrected chi connectivity index (χ4v) is 0.937. The van der Waals surface area contributed by atoms with Crippen LogP contribution in [0.4, 0.5) is 0 Å². The van der Waals surface area contributed by atoms with Crippen LogP contribution in [-0.2, 0) is 6.42 Å². The van der Waals surface area contributed by atoms with E-state index in [1.807, 2.05) is 6.07 Å². The lowest BCUT2D eigenvalue weighted by atomic mass is 10.3. The molecule has 1 aromatic rings. The Labute approximate surface area is 56.8 Å². The zero-order valence-electron chi connectivity index (χ0n) is 4.36. The molecule has 43 valence electrons. The van der Waals surface area contributed by atoms with Crippen LogP contribution in [0.25, 0.3) is 0 Å². The molecule has 1 heterocycles. The van der Waals surface area contributed by atoms with E-state index in [1.165, 1.54) is 0 Å². The third-order valence-corrected chi connectivity index (χ3v) is 1.66. The van der Waals surface area contributed by atoms with Crippen molar-refractivity contribution in [3.63, 3.8) is 0 Å². The molecule has 2 heteroatoms. The van der Waals surface area contributed by atoms with Crippen molar-refractivity contribution in [2.45, 2.75) is 6.42 Å². The van der Waals surface area contributed by atoms with Gasteiger partial charge in [-0.3, -0.25) is 0 Å². The Morgan fingerprint density at radius 2 is 2.50 bits per heavy atom. The van der Waals surface area contributed by atoms with Crippen LogP contribution in [0.5, 0.6) is 0 Å². The fraction of sp³-hybridized carbons (Fsp3) is 0.167. The number of halogens is 1. The quantitative estimate of drug-likeness (QED) is 0.637. The Hall–Kier alpha value is -0.240. The van der Waals surface area contributed by atoms with Gasteiger partial charge in [-0.15, -0.1) is 0 Å². The zero-order valence-corrected chi connectivity index (χ0v) is 5.94. The molecular formula is C6H6BrO. The molecule has 0 spiro atoms. The van der Waals surface area contributed by atoms with E-state index >= 15 is 0 Å². The lowest BCUT2D eigenvalue weighted by molar-refractivity contribution is 0.538. The molecule has 1 radical (unpaired) electrons. The summed E-state index contributed by atoms with van der Waals surface area (Å²) >= 11 is 3.22. The molecule has 8 heavy (non-hydrogen) atoms. The highest BCUT2D eigenvalue weighted by Gasteiger charge is 1.96. The summed E-state index contributed by atoms with van der Waals surface area (Å²) in [7, 11) is 0. The summed E-state index contributed by atoms with van der Waals surface area (Å²) in [6.45, 7) is 3.70. The Morgan fingerprint density at radius 1 is 1.75 bits per heavy atom. The smallest absolute Gasteiger partial charge is 0.172 e. The summed E-state index contributed by atoms with van der Waals surface area (Å²) in [5, 5.41) is 0. The zero-order chi connectivity index (χ0) is 5.98. The van der Waals surface area contributed by atoms with Crippen molar-refractivity contribution >= 4 is 15.9 Å². The van der Waals surface area contributed by atoms with E-state index in [2.05, 4.69) is 22.9 Å². The van der Waals surface area contributed by atoms with E-state index in [1.54, 1.807) is 6.26 Å². The van der Waals surface area contributed by atoms with Crippen molar-refractivity contribution in [3.8, 4) is 0 Å². The molecule has 0 aliphatic carbocycles. The summed E-state index contributed by atoms with van der Waals surface area (Å²) in [6, 6.07) is 1.90. The molecule has 0 saturated carbocycles. The van der Waals surface area contributed by atoms with Crippen molar-refractivity contribution in [2.24, 2.45) is 0 Å². The van der Waals surface area contributed by atoms with Gasteiger partial charge in [-0.2, -0.15) is 0 Å². The van der Waals surface area contributed by atoms with Crippen LogP contribution in [0.3, 0.4) is 0 Å². The molecule has 0 aromatic carbocycles. The molecule has 1 aromatic heterocycles. The maximum atomic E-state index is 4.93. The van der Waals surface area contributed by atoms with E-state index < -0.39 is 0 Å². The van der Waals surface area contributed by atoms with Gasteiger partial charge in [0.25, 0.3) is 0 Å². The topological polar surface area (TPSA) is 13.1 Å². The van der Waals surface area contributed by atoms with Crippen LogP contribution in [0.15, 0.2) is 21.4 Å². The van der Waals surface area contributed by atoms with Crippen LogP contribution in [0.1, 0.15) is 5.56 Å². The first-order chi connectivity index (χ1) is 3.84. The largest absolute Gasteiger partial charge is 0.457 e. The monoisotopic (exact) mass is 173 g/mol. The minimum Gasteiger partial charge on any atom is -0.457 e. The highest BCUT2D eigenvalue weighted by Crippen LogP contribution is 2.16. The molecule has 0 bridgehead atoms. The van der Waals surface area contributed by atoms with Crippen LogP contribution in [0.2, 0.25) is 0 Å². The van der Waals surface area contributed by atoms with Gasteiger partial charge in [0.15, 0.2) is 4.67 Å². The van der Waals surface area contributed by atoms with Gasteiger partial charge in [-0.05, 0) is 35.3 Å². The van der Waals surface area contributed by atoms with Gasteiger partial charge >= 0.3 is 0 Å². The average Bonchev–Trinajstić information content (AvgIpc) is 2.14. The van der Waals surface area contributed by atoms with Crippen LogP contribution >= 0.6 is 15.9 Å². The normalized spacial score (nSPS) is 9.75. The Bertz CT molecular complexity index is 169. The first kappa shape index (κ1) is 5.89. The predicted octanol–water partition coefficient (Wildman–Crippen LogP) is 2.42. The number of furan rings is 1. The molecule has 0 unspecified atom stereocenters. The molecule has 0 aliphatic rings. The van der Waals surface area contributed by atoms with Crippen LogP contribution in [0, 0.1) is 6.92 Å². The Balaban J connectivity index is 2.92. The SMILES string of the molecule is [CH2]Cc1ccoc1Br. The lowest BCUT2D eigenvalue weighted by Crippen LogP contribution is -1.71. The second kappa shape index (κ2) is 2.35. The second-order valence-corrected chi connectivity index (χ2v) is 2.19. The third-order valence-electron chi connectivity index (χ3n) is 0.963. The van der Waals surface area contributed by atoms with E-state index in [9.17, 15) is 0 Å². The van der Waals surface area contributed by atoms with Gasteiger partial charge in [0.2, 0.25) is 0 Å². The second-order valence-electron chi connectivity index (χ2n) is 1.47. The molecule has 1 rings (SSSR count). The minimum atomic E-state index is 0.775. The molecule has 0 N–H and O–H groups in total. The van der Waals surface area contributed by atoms with Crippen molar-refractivity contribution < 1.29 is 4.42 Å². The van der Waals surface area contributed by atoms with Gasteiger partial charge in [-0.25, -0.2) is 0 Å². The molecule has 0 saturated heterocycles. The van der Waals surface area contributed by atoms with Gasteiger partial charge in [0, 0.05) is 5.56 Å². The van der Waals surface area contributed by atoms with Crippen molar-refractivity contribution in [1.29, 1.82) is 0 Å². The molecule has 1 nitrogen and oxygen atoms in total. The Morgan fingerprint density at radius 3 is 2.75 bits per heavy atom. The first-order valence-electron chi connectivity index (χ1n) is 2.35. The Kier molecular flexibility index (Phi) is 1.73. The molecule has 0 amide bonds. The molecule has 0 aliphatic heterocycles. The van der Waals surface area contributed by atoms with E-state index in [4.69, 9.17) is 4.42 Å². The van der Waals surface area contributed by atoms with Crippen molar-refractivity contribution in [2.75, 3.05) is 0 Å². The standard InChI is InChI=1S/C6H6BrO/c1-2-5-3-4-8-6(5)7/h3-4H,1-2H2. The van der Waals surface area contributed by atoms with E-state index in [-0.39, 0.29) is 0 Å². The van der Waals surface area contributed by atoms with Gasteiger partial charge in [-0.1, -0.05) is 0 Å². The van der Waals surface area contributed by atoms with Crippen molar-refractivity contribution in [1.82, 2.24) is 0 Å². The predicted molar refractivity (Wildman–Crippen MR) is 35.5 cm³/mol. The lowest BCUT2D eigenvalue weighted by Gasteiger charge is -1.84. The average molecular weight is 174 g/mol. The van der Waals surface area contributed by atoms with Gasteiger partial charge < -0.3 is 4.42 Å². The summed E-state index contributed by atoms with van der Waals surface area (Å²) in [4.78, 5) is 0. The van der Waals surface area contributed by atoms with Crippen molar-refractivity contribution in [3.05, 3.63) is 29.5 Å². The van der Waals surface area contributed by atoms with Crippen LogP contribution < -0.4 is 0 Å². The maximum Gasteiger partial charge on any atom is 0.172 e. The van der Waals surface area contributed by atoms with Gasteiger partial charge in [0.05, 0.1) is 6.26 Å². The number of hydrogen-bond donors (Lipinski definition) is 0. The van der Waals surface area contributed by atoms with Gasteiger partial charge in [0.1, 0.15) is 0 Å². The summed E-state index contributed by atoms with van der Waals surface area (Å²) in [5.41, 5.74) is 1.12.